The Bertz CT molecular complexity index is 1860. The smallest absolute Gasteiger partial charge is 0.309 e. The zero-order valence-corrected chi connectivity index (χ0v) is 36.8. The zero-order chi connectivity index (χ0) is 42.9. The van der Waals surface area contributed by atoms with Crippen LogP contribution >= 0.6 is 0 Å². The third-order valence-electron chi connectivity index (χ3n) is 11.9. The molecule has 2 aromatic heterocycles. The molecule has 62 heavy (non-hydrogen) atoms. The molecule has 1 saturated carbocycles. The number of hydrogen-bond donors (Lipinski definition) is 2. The lowest BCUT2D eigenvalue weighted by molar-refractivity contribution is -0.156. The molecule has 2 aliphatic heterocycles. The molecule has 7 rings (SSSR count). The summed E-state index contributed by atoms with van der Waals surface area (Å²) in [6.07, 6.45) is 11.6. The van der Waals surface area contributed by atoms with E-state index < -0.39 is 0 Å². The number of hydrogen-bond acceptors (Lipinski definition) is 14. The molecule has 2 N–H and O–H groups in total. The Hall–Kier alpha value is -5.22. The molecule has 4 heterocycles. The number of carbonyl (C=O) groups is 2. The van der Waals surface area contributed by atoms with Gasteiger partial charge in [-0.05, 0) is 126 Å². The fourth-order valence-corrected chi connectivity index (χ4v) is 8.52. The highest BCUT2D eigenvalue weighted by molar-refractivity contribution is 5.75. The van der Waals surface area contributed by atoms with Crippen molar-refractivity contribution in [3.8, 4) is 11.5 Å². The Morgan fingerprint density at radius 3 is 1.45 bits per heavy atom. The number of anilines is 2. The number of esters is 2. The van der Waals surface area contributed by atoms with Crippen LogP contribution in [0.2, 0.25) is 0 Å². The van der Waals surface area contributed by atoms with Crippen molar-refractivity contribution in [1.29, 1.82) is 0 Å². The van der Waals surface area contributed by atoms with E-state index in [0.29, 0.717) is 75.5 Å². The third-order valence-corrected chi connectivity index (χ3v) is 11.9. The summed E-state index contributed by atoms with van der Waals surface area (Å²) >= 11 is 0. The third kappa shape index (κ3) is 13.9. The second-order valence-electron chi connectivity index (χ2n) is 16.9. The molecule has 1 aliphatic carbocycles. The molecule has 0 atom stereocenters. The average molecular weight is 855 g/mol. The molecule has 2 aromatic carbocycles. The highest BCUT2D eigenvalue weighted by Crippen LogP contribution is 2.31. The molecule has 3 fully saturated rings. The maximum absolute atomic E-state index is 13.0. The van der Waals surface area contributed by atoms with Gasteiger partial charge in [0.15, 0.2) is 24.9 Å². The highest BCUT2D eigenvalue weighted by atomic mass is 16.5. The van der Waals surface area contributed by atoms with Crippen molar-refractivity contribution >= 4 is 23.8 Å². The molecule has 336 valence electrons. The number of benzene rings is 2. The molecule has 2 saturated heterocycles. The summed E-state index contributed by atoms with van der Waals surface area (Å²) in [6, 6.07) is 16.8. The van der Waals surface area contributed by atoms with Crippen LogP contribution in [-0.2, 0) is 59.5 Å². The first-order chi connectivity index (χ1) is 30.3. The molecule has 0 amide bonds. The second-order valence-corrected chi connectivity index (χ2v) is 16.9. The standard InChI is InChI=1S/C46H66N10O6/c1-53-45(47-21-11-27-59-39-15-9-13-35(29-39)31-55-23-5-3-6-24-55)49-41(51-53)33-61-43(57)37-17-19-38(20-18-37)44(58)62-34-42-50-46(54(2)52-42)48-22-12-28-60-40-16-10-14-36(30-40)32-56-25-7-4-8-26-56/h9-10,13-16,29-30,37-38H,3-8,11-12,17-28,31-34H2,1-2H3,(H,47,49,51)(H,48,50,52). The van der Waals surface area contributed by atoms with Gasteiger partial charge >= 0.3 is 11.9 Å². The number of aromatic nitrogens is 6. The van der Waals surface area contributed by atoms with Crippen LogP contribution in [0.25, 0.3) is 0 Å². The summed E-state index contributed by atoms with van der Waals surface area (Å²) in [5.74, 6) is 2.70. The van der Waals surface area contributed by atoms with Gasteiger partial charge in [0.1, 0.15) is 11.5 Å². The first-order valence-electron chi connectivity index (χ1n) is 22.8. The van der Waals surface area contributed by atoms with E-state index in [1.807, 2.05) is 12.1 Å². The Morgan fingerprint density at radius 2 is 1.03 bits per heavy atom. The second kappa shape index (κ2) is 23.3. The van der Waals surface area contributed by atoms with Crippen molar-refractivity contribution in [3.63, 3.8) is 0 Å². The maximum Gasteiger partial charge on any atom is 0.309 e. The summed E-state index contributed by atoms with van der Waals surface area (Å²) in [6.45, 7) is 9.09. The number of carbonyl (C=O) groups excluding carboxylic acids is 2. The summed E-state index contributed by atoms with van der Waals surface area (Å²) in [7, 11) is 3.61. The lowest BCUT2D eigenvalue weighted by Gasteiger charge is -2.26. The van der Waals surface area contributed by atoms with Crippen LogP contribution in [-0.4, -0.2) is 104 Å². The lowest BCUT2D eigenvalue weighted by Crippen LogP contribution is -2.29. The van der Waals surface area contributed by atoms with Crippen LogP contribution in [0.5, 0.6) is 11.5 Å². The topological polar surface area (TPSA) is 163 Å². The van der Waals surface area contributed by atoms with Crippen LogP contribution in [0.4, 0.5) is 11.9 Å². The first kappa shape index (κ1) is 44.8. The summed E-state index contributed by atoms with van der Waals surface area (Å²) in [5.41, 5.74) is 2.57. The van der Waals surface area contributed by atoms with Gasteiger partial charge in [-0.3, -0.25) is 19.4 Å². The number of nitrogens with zero attached hydrogens (tertiary/aromatic N) is 8. The number of piperidine rings is 2. The van der Waals surface area contributed by atoms with Crippen LogP contribution in [0, 0.1) is 11.8 Å². The highest BCUT2D eigenvalue weighted by Gasteiger charge is 2.32. The van der Waals surface area contributed by atoms with Gasteiger partial charge in [0.05, 0.1) is 25.0 Å². The summed E-state index contributed by atoms with van der Waals surface area (Å²) in [4.78, 5) is 40.0. The maximum atomic E-state index is 13.0. The predicted molar refractivity (Wildman–Crippen MR) is 235 cm³/mol. The van der Waals surface area contributed by atoms with E-state index in [1.165, 1.54) is 75.8 Å². The van der Waals surface area contributed by atoms with Crippen molar-refractivity contribution in [2.24, 2.45) is 25.9 Å². The van der Waals surface area contributed by atoms with Gasteiger partial charge in [-0.15, -0.1) is 0 Å². The summed E-state index contributed by atoms with van der Waals surface area (Å²) < 4.78 is 26.6. The molecular formula is C46H66N10O6. The molecule has 3 aliphatic rings. The van der Waals surface area contributed by atoms with E-state index in [4.69, 9.17) is 18.9 Å². The van der Waals surface area contributed by atoms with E-state index in [-0.39, 0.29) is 37.0 Å². The van der Waals surface area contributed by atoms with E-state index in [0.717, 1.165) is 37.4 Å². The number of aryl methyl sites for hydroxylation is 2. The number of nitrogens with one attached hydrogen (secondary N) is 2. The van der Waals surface area contributed by atoms with Crippen LogP contribution < -0.4 is 20.1 Å². The fourth-order valence-electron chi connectivity index (χ4n) is 8.52. The Balaban J connectivity index is 0.732. The van der Waals surface area contributed by atoms with Crippen molar-refractivity contribution in [1.82, 2.24) is 39.3 Å². The minimum Gasteiger partial charge on any atom is -0.494 e. The SMILES string of the molecule is Cn1nc(COC(=O)C2CCC(C(=O)OCc3nc(NCCCOc4cccc(CN5CCCCC5)c4)n(C)n3)CC2)nc1NCCCOc1cccc(CN2CCCCC2)c1. The number of ether oxygens (including phenoxy) is 4. The zero-order valence-electron chi connectivity index (χ0n) is 36.8. The Kier molecular flexibility index (Phi) is 16.8. The number of likely N-dealkylation sites (tertiary alicyclic amines) is 2. The molecule has 0 spiro atoms. The van der Waals surface area contributed by atoms with Crippen LogP contribution in [0.3, 0.4) is 0 Å². The van der Waals surface area contributed by atoms with Gasteiger partial charge in [-0.2, -0.15) is 20.2 Å². The van der Waals surface area contributed by atoms with Crippen molar-refractivity contribution in [2.75, 3.05) is 63.1 Å². The Morgan fingerprint density at radius 1 is 0.613 bits per heavy atom. The van der Waals surface area contributed by atoms with Crippen molar-refractivity contribution in [2.45, 2.75) is 103 Å². The van der Waals surface area contributed by atoms with Gasteiger partial charge in [-0.1, -0.05) is 37.1 Å². The average Bonchev–Trinajstić information content (AvgIpc) is 3.84. The minimum atomic E-state index is -0.294. The van der Waals surface area contributed by atoms with Gasteiger partial charge in [0.2, 0.25) is 11.9 Å². The molecular weight excluding hydrogens is 789 g/mol. The monoisotopic (exact) mass is 855 g/mol. The van der Waals surface area contributed by atoms with Gasteiger partial charge < -0.3 is 29.6 Å². The fraction of sp³-hybridized carbons (Fsp3) is 0.609. The van der Waals surface area contributed by atoms with E-state index in [9.17, 15) is 9.59 Å². The molecule has 4 aromatic rings. The molecule has 0 radical (unpaired) electrons. The molecule has 0 bridgehead atoms. The predicted octanol–water partition coefficient (Wildman–Crippen LogP) is 6.27. The van der Waals surface area contributed by atoms with E-state index in [2.05, 4.69) is 77.0 Å². The minimum absolute atomic E-state index is 0.0115. The van der Waals surface area contributed by atoms with Crippen LogP contribution in [0.15, 0.2) is 48.5 Å². The molecule has 0 unspecified atom stereocenters. The van der Waals surface area contributed by atoms with Crippen LogP contribution in [0.1, 0.15) is 99.8 Å². The lowest BCUT2D eigenvalue weighted by atomic mass is 9.82. The van der Waals surface area contributed by atoms with Gasteiger partial charge in [0, 0.05) is 40.3 Å². The number of rotatable bonds is 22. The van der Waals surface area contributed by atoms with E-state index in [1.54, 1.807) is 23.5 Å². The van der Waals surface area contributed by atoms with E-state index >= 15 is 0 Å². The molecule has 16 heteroatoms. The first-order valence-corrected chi connectivity index (χ1v) is 22.8. The largest absolute Gasteiger partial charge is 0.494 e. The molecule has 16 nitrogen and oxygen atoms in total. The van der Waals surface area contributed by atoms with Gasteiger partial charge in [0.25, 0.3) is 0 Å². The Labute approximate surface area is 366 Å². The summed E-state index contributed by atoms with van der Waals surface area (Å²) in [5, 5.41) is 15.4. The normalized spacial score (nSPS) is 18.5. The van der Waals surface area contributed by atoms with Crippen molar-refractivity contribution in [3.05, 3.63) is 71.3 Å². The quantitative estimate of drug-likeness (QED) is 0.0672. The van der Waals surface area contributed by atoms with Crippen molar-refractivity contribution < 1.29 is 28.5 Å². The van der Waals surface area contributed by atoms with Gasteiger partial charge in [-0.25, -0.2) is 9.36 Å².